The van der Waals surface area contributed by atoms with Crippen molar-refractivity contribution in [3.63, 3.8) is 0 Å². The van der Waals surface area contributed by atoms with Crippen LogP contribution in [0.15, 0.2) is 47.3 Å². The number of aromatic nitrogens is 3. The Kier molecular flexibility index (Phi) is 6.63. The molecule has 0 bridgehead atoms. The van der Waals surface area contributed by atoms with E-state index >= 15 is 0 Å². The van der Waals surface area contributed by atoms with Crippen LogP contribution in [0.25, 0.3) is 10.9 Å². The molecule has 1 aliphatic rings. The van der Waals surface area contributed by atoms with E-state index in [1.807, 2.05) is 12.1 Å². The summed E-state index contributed by atoms with van der Waals surface area (Å²) in [5.41, 5.74) is 2.89. The normalized spacial score (nSPS) is 16.1. The van der Waals surface area contributed by atoms with Gasteiger partial charge in [-0.15, -0.1) is 5.10 Å². The molecule has 4 rings (SSSR count). The number of carbonyl (C=O) groups is 3. The van der Waals surface area contributed by atoms with Crippen LogP contribution in [0.3, 0.4) is 0 Å². The van der Waals surface area contributed by atoms with Crippen molar-refractivity contribution in [2.45, 2.75) is 58.2 Å². The first-order chi connectivity index (χ1) is 16.6. The fraction of sp³-hybridized carbons (Fsp3) is 0.360. The van der Waals surface area contributed by atoms with Gasteiger partial charge < -0.3 is 10.6 Å². The van der Waals surface area contributed by atoms with Crippen molar-refractivity contribution in [3.05, 3.63) is 69.5 Å². The number of fused-ring (bicyclic) bond motifs is 1. The highest BCUT2D eigenvalue weighted by molar-refractivity contribution is 5.99. The molecule has 3 aromatic rings. The molecule has 1 aromatic heterocycles. The first-order valence-corrected chi connectivity index (χ1v) is 11.4. The molecule has 2 aromatic carbocycles. The number of piperidine rings is 1. The molecule has 1 atom stereocenters. The minimum atomic E-state index is -0.887. The summed E-state index contributed by atoms with van der Waals surface area (Å²) < 4.78 is 1.01. The predicted molar refractivity (Wildman–Crippen MR) is 129 cm³/mol. The van der Waals surface area contributed by atoms with E-state index in [0.717, 1.165) is 10.2 Å². The number of nitrogens with one attached hydrogen (secondary N) is 3. The van der Waals surface area contributed by atoms with Crippen LogP contribution in [0, 0.1) is 0 Å². The Morgan fingerprint density at radius 1 is 1.03 bits per heavy atom. The second-order valence-electron chi connectivity index (χ2n) is 9.64. The Balaban J connectivity index is 1.39. The number of nitrogens with zero attached hydrogens (tertiary/aromatic N) is 3. The van der Waals surface area contributed by atoms with E-state index in [0.29, 0.717) is 17.6 Å². The van der Waals surface area contributed by atoms with Crippen molar-refractivity contribution in [1.29, 1.82) is 0 Å². The average Bonchev–Trinajstić information content (AvgIpc) is 2.82. The van der Waals surface area contributed by atoms with E-state index in [2.05, 4.69) is 59.2 Å². The molecule has 4 amide bonds. The van der Waals surface area contributed by atoms with E-state index in [1.165, 1.54) is 5.56 Å². The summed E-state index contributed by atoms with van der Waals surface area (Å²) >= 11 is 0. The summed E-state index contributed by atoms with van der Waals surface area (Å²) in [5.74, 6) is -0.943. The predicted octanol–water partition coefficient (Wildman–Crippen LogP) is 2.07. The Morgan fingerprint density at radius 3 is 2.34 bits per heavy atom. The Hall–Kier alpha value is -4.08. The van der Waals surface area contributed by atoms with E-state index < -0.39 is 17.5 Å². The number of amides is 4. The Labute approximate surface area is 202 Å². The topological polar surface area (TPSA) is 135 Å². The molecule has 2 heterocycles. The van der Waals surface area contributed by atoms with E-state index in [1.54, 1.807) is 18.2 Å². The quantitative estimate of drug-likeness (QED) is 0.483. The largest absolute Gasteiger partial charge is 0.334 e. The van der Waals surface area contributed by atoms with Gasteiger partial charge in [-0.05, 0) is 40.7 Å². The highest BCUT2D eigenvalue weighted by Crippen LogP contribution is 2.22. The third kappa shape index (κ3) is 5.53. The van der Waals surface area contributed by atoms with Crippen LogP contribution < -0.4 is 21.5 Å². The molecule has 0 radical (unpaired) electrons. The van der Waals surface area contributed by atoms with Crippen molar-refractivity contribution in [2.75, 3.05) is 0 Å². The zero-order valence-corrected chi connectivity index (χ0v) is 19.9. The lowest BCUT2D eigenvalue weighted by atomic mass is 9.87. The molecule has 0 spiro atoms. The molecule has 10 heteroatoms. The van der Waals surface area contributed by atoms with Gasteiger partial charge in [-0.2, -0.15) is 4.68 Å². The average molecular weight is 477 g/mol. The molecular weight excluding hydrogens is 448 g/mol. The summed E-state index contributed by atoms with van der Waals surface area (Å²) in [6.45, 7) is 7.04. The third-order valence-electron chi connectivity index (χ3n) is 5.98. The van der Waals surface area contributed by atoms with Gasteiger partial charge in [0.15, 0.2) is 0 Å². The number of benzene rings is 2. The van der Waals surface area contributed by atoms with Gasteiger partial charge in [0.05, 0.1) is 5.39 Å². The van der Waals surface area contributed by atoms with Crippen LogP contribution in [0.1, 0.15) is 56.3 Å². The van der Waals surface area contributed by atoms with Crippen molar-refractivity contribution in [3.8, 4) is 0 Å². The van der Waals surface area contributed by atoms with Crippen molar-refractivity contribution in [1.82, 2.24) is 30.9 Å². The van der Waals surface area contributed by atoms with Gasteiger partial charge in [-0.25, -0.2) is 4.79 Å². The SMILES string of the molecule is CC(C)(C)c1ccc(CNC(=O)NCc2ccc3nnn(C4CCC(=O)NC4=O)c(=O)c3c2)cc1. The summed E-state index contributed by atoms with van der Waals surface area (Å²) in [6, 6.07) is 11.9. The second-order valence-corrected chi connectivity index (χ2v) is 9.64. The van der Waals surface area contributed by atoms with Crippen LogP contribution >= 0.6 is 0 Å². The Morgan fingerprint density at radius 2 is 1.69 bits per heavy atom. The van der Waals surface area contributed by atoms with E-state index in [4.69, 9.17) is 0 Å². The van der Waals surface area contributed by atoms with Gasteiger partial charge in [0.1, 0.15) is 11.6 Å². The van der Waals surface area contributed by atoms with Crippen LogP contribution in [0.4, 0.5) is 4.79 Å². The van der Waals surface area contributed by atoms with Crippen LogP contribution in [0.2, 0.25) is 0 Å². The number of hydrogen-bond donors (Lipinski definition) is 3. The fourth-order valence-electron chi connectivity index (χ4n) is 3.88. The highest BCUT2D eigenvalue weighted by Gasteiger charge is 2.30. The summed E-state index contributed by atoms with van der Waals surface area (Å²) in [5, 5.41) is 16.0. The molecule has 1 unspecified atom stereocenters. The Bertz CT molecular complexity index is 1340. The first-order valence-electron chi connectivity index (χ1n) is 11.4. The van der Waals surface area contributed by atoms with Gasteiger partial charge in [-0.1, -0.05) is 56.3 Å². The lowest BCUT2D eigenvalue weighted by molar-refractivity contribution is -0.136. The zero-order chi connectivity index (χ0) is 25.2. The summed E-state index contributed by atoms with van der Waals surface area (Å²) in [4.78, 5) is 48.8. The first kappa shape index (κ1) is 24.1. The molecule has 35 heavy (non-hydrogen) atoms. The van der Waals surface area contributed by atoms with Crippen LogP contribution in [-0.2, 0) is 28.1 Å². The molecule has 0 saturated carbocycles. The number of carbonyl (C=O) groups excluding carboxylic acids is 3. The molecule has 3 N–H and O–H groups in total. The molecule has 0 aliphatic carbocycles. The second kappa shape index (κ2) is 9.65. The van der Waals surface area contributed by atoms with Gasteiger partial charge >= 0.3 is 6.03 Å². The molecule has 182 valence electrons. The molecule has 1 saturated heterocycles. The summed E-state index contributed by atoms with van der Waals surface area (Å²) in [7, 11) is 0. The van der Waals surface area contributed by atoms with Gasteiger partial charge in [-0.3, -0.25) is 19.7 Å². The standard InChI is InChI=1S/C25H28N6O4/c1-25(2,3)17-7-4-15(5-8-17)13-26-24(35)27-14-16-6-9-19-18(12-16)23(34)31(30-29-19)20-10-11-21(32)28-22(20)33/h4-9,12,20H,10-11,13-14H2,1-3H3,(H2,26,27,35)(H,28,32,33). The smallest absolute Gasteiger partial charge is 0.315 e. The molecule has 1 aliphatic heterocycles. The van der Waals surface area contributed by atoms with Crippen molar-refractivity contribution >= 4 is 28.7 Å². The van der Waals surface area contributed by atoms with Crippen molar-refractivity contribution < 1.29 is 14.4 Å². The number of hydrogen-bond acceptors (Lipinski definition) is 6. The molecule has 1 fully saturated rings. The maximum Gasteiger partial charge on any atom is 0.315 e. The maximum atomic E-state index is 13.0. The lowest BCUT2D eigenvalue weighted by Gasteiger charge is -2.21. The minimum absolute atomic E-state index is 0.0693. The number of imide groups is 1. The zero-order valence-electron chi connectivity index (χ0n) is 19.9. The fourth-order valence-corrected chi connectivity index (χ4v) is 3.88. The van der Waals surface area contributed by atoms with Crippen LogP contribution in [-0.4, -0.2) is 32.8 Å². The van der Waals surface area contributed by atoms with Crippen molar-refractivity contribution in [2.24, 2.45) is 0 Å². The minimum Gasteiger partial charge on any atom is -0.334 e. The van der Waals surface area contributed by atoms with E-state index in [-0.39, 0.29) is 42.1 Å². The molecular formula is C25H28N6O4. The van der Waals surface area contributed by atoms with Crippen LogP contribution in [0.5, 0.6) is 0 Å². The third-order valence-corrected chi connectivity index (χ3v) is 5.98. The maximum absolute atomic E-state index is 13.0. The van der Waals surface area contributed by atoms with Gasteiger partial charge in [0.25, 0.3) is 11.5 Å². The lowest BCUT2D eigenvalue weighted by Crippen LogP contribution is -2.45. The number of urea groups is 1. The number of rotatable bonds is 5. The van der Waals surface area contributed by atoms with Gasteiger partial charge in [0, 0.05) is 19.5 Å². The van der Waals surface area contributed by atoms with Gasteiger partial charge in [0.2, 0.25) is 5.91 Å². The summed E-state index contributed by atoms with van der Waals surface area (Å²) in [6.07, 6.45) is 0.313. The van der Waals surface area contributed by atoms with E-state index in [9.17, 15) is 19.2 Å². The molecule has 10 nitrogen and oxygen atoms in total. The monoisotopic (exact) mass is 476 g/mol. The highest BCUT2D eigenvalue weighted by atomic mass is 16.2.